The highest BCUT2D eigenvalue weighted by atomic mass is 35.5. The lowest BCUT2D eigenvalue weighted by Crippen LogP contribution is -2.09. The quantitative estimate of drug-likeness (QED) is 0.238. The van der Waals surface area contributed by atoms with E-state index in [1.165, 1.54) is 11.3 Å². The summed E-state index contributed by atoms with van der Waals surface area (Å²) < 4.78 is 10.1. The molecular formula is C15H19ClN2O3S2. The number of thiophene rings is 1. The number of nitrogens with zero attached hydrogens (tertiary/aromatic N) is 2. The van der Waals surface area contributed by atoms with E-state index in [1.807, 2.05) is 6.92 Å². The normalized spacial score (nSPS) is 11.4. The minimum Gasteiger partial charge on any atom is -0.459 e. The number of hydrogen-bond donors (Lipinski definition) is 0. The number of rotatable bonds is 7. The van der Waals surface area contributed by atoms with Gasteiger partial charge in [0.25, 0.3) is 0 Å². The number of halogens is 1. The predicted octanol–water partition coefficient (Wildman–Crippen LogP) is 4.20. The van der Waals surface area contributed by atoms with Gasteiger partial charge in [0.2, 0.25) is 0 Å². The number of methoxy groups -OCH3 is 1. The molecule has 2 rings (SSSR count). The molecular weight excluding hydrogens is 356 g/mol. The van der Waals surface area contributed by atoms with E-state index >= 15 is 0 Å². The van der Waals surface area contributed by atoms with E-state index in [-0.39, 0.29) is 12.6 Å². The van der Waals surface area contributed by atoms with Crippen molar-refractivity contribution in [2.24, 2.45) is 5.92 Å². The van der Waals surface area contributed by atoms with Crippen LogP contribution in [0.1, 0.15) is 29.1 Å². The topological polar surface area (TPSA) is 61.3 Å². The van der Waals surface area contributed by atoms with Crippen molar-refractivity contribution in [1.82, 2.24) is 9.97 Å². The molecule has 0 aliphatic heterocycles. The molecule has 0 amide bonds. The molecule has 8 heteroatoms. The van der Waals surface area contributed by atoms with Crippen molar-refractivity contribution < 1.29 is 14.3 Å². The number of carbonyl (C=O) groups is 1. The van der Waals surface area contributed by atoms with Gasteiger partial charge in [-0.1, -0.05) is 37.2 Å². The first-order valence-electron chi connectivity index (χ1n) is 7.19. The minimum atomic E-state index is -0.380. The van der Waals surface area contributed by atoms with Crippen LogP contribution in [0.15, 0.2) is 5.16 Å². The summed E-state index contributed by atoms with van der Waals surface area (Å²) >= 11 is 9.15. The zero-order valence-corrected chi connectivity index (χ0v) is 15.9. The number of aryl methyl sites for hydroxylation is 1. The van der Waals surface area contributed by atoms with Gasteiger partial charge < -0.3 is 9.47 Å². The van der Waals surface area contributed by atoms with Crippen LogP contribution in [0.3, 0.4) is 0 Å². The molecule has 0 atom stereocenters. The number of hydrogen-bond acceptors (Lipinski definition) is 7. The van der Waals surface area contributed by atoms with E-state index in [0.29, 0.717) is 32.5 Å². The van der Waals surface area contributed by atoms with Crippen LogP contribution in [0, 0.1) is 12.8 Å². The van der Waals surface area contributed by atoms with E-state index in [9.17, 15) is 4.79 Å². The second kappa shape index (κ2) is 8.28. The second-order valence-corrected chi connectivity index (χ2v) is 7.71. The Labute approximate surface area is 148 Å². The molecule has 2 aromatic heterocycles. The summed E-state index contributed by atoms with van der Waals surface area (Å²) in [6, 6.07) is 0. The maximum absolute atomic E-state index is 12.2. The van der Waals surface area contributed by atoms with Gasteiger partial charge in [0, 0.05) is 12.9 Å². The van der Waals surface area contributed by atoms with Gasteiger partial charge >= 0.3 is 5.97 Å². The van der Waals surface area contributed by atoms with Gasteiger partial charge in [-0.25, -0.2) is 14.8 Å². The lowest BCUT2D eigenvalue weighted by Gasteiger charge is -2.04. The van der Waals surface area contributed by atoms with Crippen molar-refractivity contribution in [2.75, 3.05) is 26.1 Å². The van der Waals surface area contributed by atoms with Crippen molar-refractivity contribution in [3.63, 3.8) is 0 Å². The van der Waals surface area contributed by atoms with Gasteiger partial charge in [0.05, 0.1) is 12.0 Å². The SMILES string of the molecule is COCCOC(=O)c1sc2nc(SCC(C)C)nc(Cl)c2c1C. The van der Waals surface area contributed by atoms with Crippen LogP contribution >= 0.6 is 34.7 Å². The molecule has 5 nitrogen and oxygen atoms in total. The molecule has 2 heterocycles. The minimum absolute atomic E-state index is 0.220. The van der Waals surface area contributed by atoms with Crippen molar-refractivity contribution in [3.8, 4) is 0 Å². The van der Waals surface area contributed by atoms with Crippen LogP contribution in [0.5, 0.6) is 0 Å². The van der Waals surface area contributed by atoms with Crippen LogP contribution in [0.4, 0.5) is 0 Å². The first-order valence-corrected chi connectivity index (χ1v) is 9.37. The van der Waals surface area contributed by atoms with Crippen LogP contribution < -0.4 is 0 Å². The van der Waals surface area contributed by atoms with Crippen LogP contribution in [0.2, 0.25) is 5.15 Å². The Morgan fingerprint density at radius 1 is 1.35 bits per heavy atom. The predicted molar refractivity (Wildman–Crippen MR) is 94.9 cm³/mol. The van der Waals surface area contributed by atoms with E-state index in [0.717, 1.165) is 16.7 Å². The molecule has 0 unspecified atom stereocenters. The molecule has 0 aliphatic carbocycles. The Bertz CT molecular complexity index is 704. The number of aromatic nitrogens is 2. The molecule has 0 saturated carbocycles. The van der Waals surface area contributed by atoms with Gasteiger partial charge in [-0.3, -0.25) is 0 Å². The zero-order chi connectivity index (χ0) is 17.0. The van der Waals surface area contributed by atoms with Gasteiger partial charge in [0.1, 0.15) is 21.5 Å². The Kier molecular flexibility index (Phi) is 6.64. The maximum Gasteiger partial charge on any atom is 0.348 e. The Hall–Kier alpha value is -0.890. The van der Waals surface area contributed by atoms with Crippen molar-refractivity contribution in [2.45, 2.75) is 25.9 Å². The number of thioether (sulfide) groups is 1. The lowest BCUT2D eigenvalue weighted by atomic mass is 10.2. The molecule has 0 N–H and O–H groups in total. The Balaban J connectivity index is 2.29. The number of fused-ring (bicyclic) bond motifs is 1. The van der Waals surface area contributed by atoms with E-state index in [4.69, 9.17) is 21.1 Å². The Morgan fingerprint density at radius 3 is 2.74 bits per heavy atom. The first kappa shape index (κ1) is 18.4. The average molecular weight is 375 g/mol. The highest BCUT2D eigenvalue weighted by Crippen LogP contribution is 2.35. The smallest absolute Gasteiger partial charge is 0.348 e. The van der Waals surface area contributed by atoms with E-state index in [2.05, 4.69) is 23.8 Å². The highest BCUT2D eigenvalue weighted by Gasteiger charge is 2.21. The van der Waals surface area contributed by atoms with E-state index in [1.54, 1.807) is 18.9 Å². The summed E-state index contributed by atoms with van der Waals surface area (Å²) in [6.07, 6.45) is 0. The molecule has 0 fully saturated rings. The summed E-state index contributed by atoms with van der Waals surface area (Å²) in [5, 5.41) is 1.74. The third kappa shape index (κ3) is 4.56. The molecule has 0 bridgehead atoms. The summed E-state index contributed by atoms with van der Waals surface area (Å²) in [5.74, 6) is 1.07. The highest BCUT2D eigenvalue weighted by molar-refractivity contribution is 7.99. The number of esters is 1. The summed E-state index contributed by atoms with van der Waals surface area (Å²) in [4.78, 5) is 22.2. The number of ether oxygens (including phenoxy) is 2. The molecule has 0 radical (unpaired) electrons. The molecule has 0 aromatic carbocycles. The zero-order valence-electron chi connectivity index (χ0n) is 13.5. The molecule has 2 aromatic rings. The van der Waals surface area contributed by atoms with Crippen molar-refractivity contribution in [3.05, 3.63) is 15.6 Å². The average Bonchev–Trinajstić information content (AvgIpc) is 2.83. The largest absolute Gasteiger partial charge is 0.459 e. The molecule has 0 aliphatic rings. The van der Waals surface area contributed by atoms with Gasteiger partial charge in [0.15, 0.2) is 5.16 Å². The molecule has 126 valence electrons. The standard InChI is InChI=1S/C15H19ClN2O3S2/c1-8(2)7-22-15-17-12(16)10-9(3)11(23-13(10)18-15)14(19)21-6-5-20-4/h8H,5-7H2,1-4H3. The Morgan fingerprint density at radius 2 is 2.09 bits per heavy atom. The number of carbonyl (C=O) groups excluding carboxylic acids is 1. The summed E-state index contributed by atoms with van der Waals surface area (Å²) in [6.45, 7) is 6.69. The monoisotopic (exact) mass is 374 g/mol. The molecule has 23 heavy (non-hydrogen) atoms. The fourth-order valence-electron chi connectivity index (χ4n) is 1.86. The molecule has 0 saturated heterocycles. The van der Waals surface area contributed by atoms with Gasteiger partial charge in [-0.2, -0.15) is 0 Å². The van der Waals surface area contributed by atoms with Crippen LogP contribution in [-0.2, 0) is 9.47 Å². The lowest BCUT2D eigenvalue weighted by molar-refractivity contribution is 0.0393. The summed E-state index contributed by atoms with van der Waals surface area (Å²) in [5.41, 5.74) is 0.762. The van der Waals surface area contributed by atoms with Crippen LogP contribution in [-0.4, -0.2) is 42.0 Å². The van der Waals surface area contributed by atoms with Crippen molar-refractivity contribution in [1.29, 1.82) is 0 Å². The van der Waals surface area contributed by atoms with Gasteiger partial charge in [-0.15, -0.1) is 11.3 Å². The van der Waals surface area contributed by atoms with Crippen molar-refractivity contribution >= 4 is 50.9 Å². The van der Waals surface area contributed by atoms with Gasteiger partial charge in [-0.05, 0) is 18.4 Å². The third-order valence-corrected chi connectivity index (χ3v) is 5.69. The summed E-state index contributed by atoms with van der Waals surface area (Å²) in [7, 11) is 1.56. The second-order valence-electron chi connectivity index (χ2n) is 5.37. The fraction of sp³-hybridized carbons (Fsp3) is 0.533. The third-order valence-electron chi connectivity index (χ3n) is 2.98. The molecule has 0 spiro atoms. The van der Waals surface area contributed by atoms with Crippen LogP contribution in [0.25, 0.3) is 10.2 Å². The fourth-order valence-corrected chi connectivity index (χ4v) is 4.20. The maximum atomic E-state index is 12.2. The van der Waals surface area contributed by atoms with E-state index < -0.39 is 0 Å². The first-order chi connectivity index (χ1) is 10.9.